The molecular weight excluding hydrogens is 278 g/mol. The Balaban J connectivity index is 1.80. The zero-order chi connectivity index (χ0) is 15.8. The van der Waals surface area contributed by atoms with E-state index in [1.54, 1.807) is 7.11 Å². The van der Waals surface area contributed by atoms with Crippen LogP contribution in [0.5, 0.6) is 0 Å². The Bertz CT molecular complexity index is 452. The molecule has 0 spiro atoms. The standard InChI is InChI=1S/C17H27N3O2/c1-15(14-22-2)18-17(21)20-10-6-9-19(11-12-20)13-16-7-4-3-5-8-16/h3-5,7-8,15H,6,9-14H2,1-2H3,(H,18,21). The lowest BCUT2D eigenvalue weighted by Crippen LogP contribution is -2.46. The van der Waals surface area contributed by atoms with Crippen LogP contribution in [0, 0.1) is 0 Å². The van der Waals surface area contributed by atoms with Crippen LogP contribution in [0.2, 0.25) is 0 Å². The smallest absolute Gasteiger partial charge is 0.317 e. The number of nitrogens with zero attached hydrogens (tertiary/aromatic N) is 2. The van der Waals surface area contributed by atoms with Gasteiger partial charge in [-0.3, -0.25) is 4.90 Å². The number of benzene rings is 1. The Hall–Kier alpha value is -1.59. The third-order valence-corrected chi connectivity index (χ3v) is 3.91. The van der Waals surface area contributed by atoms with E-state index in [-0.39, 0.29) is 12.1 Å². The second kappa shape index (κ2) is 8.76. The first-order chi connectivity index (χ1) is 10.7. The fourth-order valence-electron chi connectivity index (χ4n) is 2.77. The van der Waals surface area contributed by atoms with Crippen LogP contribution in [0.25, 0.3) is 0 Å². The molecule has 1 heterocycles. The van der Waals surface area contributed by atoms with E-state index in [1.807, 2.05) is 17.9 Å². The number of amides is 2. The third-order valence-electron chi connectivity index (χ3n) is 3.91. The van der Waals surface area contributed by atoms with Crippen molar-refractivity contribution in [3.63, 3.8) is 0 Å². The summed E-state index contributed by atoms with van der Waals surface area (Å²) in [5.74, 6) is 0. The Kier molecular flexibility index (Phi) is 6.68. The Morgan fingerprint density at radius 1 is 1.23 bits per heavy atom. The van der Waals surface area contributed by atoms with Crippen molar-refractivity contribution in [1.82, 2.24) is 15.1 Å². The number of rotatable bonds is 5. The molecule has 0 radical (unpaired) electrons. The van der Waals surface area contributed by atoms with Crippen molar-refractivity contribution in [1.29, 1.82) is 0 Å². The number of carbonyl (C=O) groups excluding carboxylic acids is 1. The van der Waals surface area contributed by atoms with Gasteiger partial charge in [0.2, 0.25) is 0 Å². The fourth-order valence-corrected chi connectivity index (χ4v) is 2.77. The summed E-state index contributed by atoms with van der Waals surface area (Å²) in [5, 5.41) is 2.99. The second-order valence-corrected chi connectivity index (χ2v) is 5.91. The van der Waals surface area contributed by atoms with Gasteiger partial charge in [0, 0.05) is 39.8 Å². The highest BCUT2D eigenvalue weighted by molar-refractivity contribution is 5.74. The first kappa shape index (κ1) is 16.8. The van der Waals surface area contributed by atoms with E-state index >= 15 is 0 Å². The summed E-state index contributed by atoms with van der Waals surface area (Å²) >= 11 is 0. The first-order valence-electron chi connectivity index (χ1n) is 7.99. The maximum absolute atomic E-state index is 12.2. The van der Waals surface area contributed by atoms with E-state index < -0.39 is 0 Å². The molecule has 0 bridgehead atoms. The number of hydrogen-bond donors (Lipinski definition) is 1. The predicted octanol–water partition coefficient (Wildman–Crippen LogP) is 1.94. The van der Waals surface area contributed by atoms with E-state index in [1.165, 1.54) is 5.56 Å². The molecule has 122 valence electrons. The van der Waals surface area contributed by atoms with Crippen LogP contribution < -0.4 is 5.32 Å². The number of carbonyl (C=O) groups is 1. The summed E-state index contributed by atoms with van der Waals surface area (Å²) in [6, 6.07) is 10.6. The molecule has 1 aliphatic rings. The van der Waals surface area contributed by atoms with Crippen molar-refractivity contribution in [3.8, 4) is 0 Å². The van der Waals surface area contributed by atoms with Crippen molar-refractivity contribution in [2.24, 2.45) is 0 Å². The lowest BCUT2D eigenvalue weighted by molar-refractivity contribution is 0.159. The van der Waals surface area contributed by atoms with Gasteiger partial charge in [0.25, 0.3) is 0 Å². The summed E-state index contributed by atoms with van der Waals surface area (Å²) in [6.07, 6.45) is 1.01. The van der Waals surface area contributed by atoms with Gasteiger partial charge in [0.15, 0.2) is 0 Å². The molecular formula is C17H27N3O2. The van der Waals surface area contributed by atoms with Crippen LogP contribution in [0.4, 0.5) is 4.79 Å². The molecule has 1 saturated heterocycles. The van der Waals surface area contributed by atoms with E-state index in [0.717, 1.165) is 39.1 Å². The van der Waals surface area contributed by atoms with E-state index in [9.17, 15) is 4.79 Å². The summed E-state index contributed by atoms with van der Waals surface area (Å²) in [7, 11) is 1.65. The molecule has 22 heavy (non-hydrogen) atoms. The van der Waals surface area contributed by atoms with Gasteiger partial charge in [-0.1, -0.05) is 30.3 Å². The van der Waals surface area contributed by atoms with Crippen LogP contribution in [0.3, 0.4) is 0 Å². The summed E-state index contributed by atoms with van der Waals surface area (Å²) in [4.78, 5) is 16.6. The van der Waals surface area contributed by atoms with E-state index in [0.29, 0.717) is 6.61 Å². The Morgan fingerprint density at radius 2 is 2.00 bits per heavy atom. The van der Waals surface area contributed by atoms with Crippen LogP contribution in [-0.4, -0.2) is 61.8 Å². The topological polar surface area (TPSA) is 44.8 Å². The van der Waals surface area contributed by atoms with Crippen LogP contribution >= 0.6 is 0 Å². The maximum Gasteiger partial charge on any atom is 0.317 e. The molecule has 1 fully saturated rings. The van der Waals surface area contributed by atoms with Crippen LogP contribution in [0.1, 0.15) is 18.9 Å². The molecule has 1 N–H and O–H groups in total. The Labute approximate surface area is 133 Å². The number of methoxy groups -OCH3 is 1. The van der Waals surface area contributed by atoms with Gasteiger partial charge in [-0.2, -0.15) is 0 Å². The SMILES string of the molecule is COCC(C)NC(=O)N1CCCN(Cc2ccccc2)CC1. The molecule has 1 unspecified atom stereocenters. The lowest BCUT2D eigenvalue weighted by Gasteiger charge is -2.24. The van der Waals surface area contributed by atoms with Crippen molar-refractivity contribution in [2.75, 3.05) is 39.9 Å². The largest absolute Gasteiger partial charge is 0.383 e. The molecule has 1 aliphatic heterocycles. The predicted molar refractivity (Wildman–Crippen MR) is 87.8 cm³/mol. The van der Waals surface area contributed by atoms with Crippen molar-refractivity contribution >= 4 is 6.03 Å². The quantitative estimate of drug-likeness (QED) is 0.904. The monoisotopic (exact) mass is 305 g/mol. The number of ether oxygens (including phenoxy) is 1. The molecule has 0 aliphatic carbocycles. The van der Waals surface area contributed by atoms with Crippen molar-refractivity contribution in [2.45, 2.75) is 25.9 Å². The first-order valence-corrected chi connectivity index (χ1v) is 7.99. The van der Waals surface area contributed by atoms with Gasteiger partial charge in [0.05, 0.1) is 12.6 Å². The van der Waals surface area contributed by atoms with E-state index in [2.05, 4.69) is 34.5 Å². The van der Waals surface area contributed by atoms with Gasteiger partial charge >= 0.3 is 6.03 Å². The normalized spacial score (nSPS) is 17.8. The molecule has 1 atom stereocenters. The summed E-state index contributed by atoms with van der Waals surface area (Å²) in [6.45, 7) is 7.00. The van der Waals surface area contributed by atoms with Gasteiger partial charge in [-0.25, -0.2) is 4.79 Å². The van der Waals surface area contributed by atoms with Crippen LogP contribution in [-0.2, 0) is 11.3 Å². The van der Waals surface area contributed by atoms with Crippen molar-refractivity contribution < 1.29 is 9.53 Å². The van der Waals surface area contributed by atoms with Gasteiger partial charge in [-0.05, 0) is 18.9 Å². The average molecular weight is 305 g/mol. The molecule has 2 rings (SSSR count). The highest BCUT2D eigenvalue weighted by atomic mass is 16.5. The maximum atomic E-state index is 12.2. The van der Waals surface area contributed by atoms with Crippen LogP contribution in [0.15, 0.2) is 30.3 Å². The second-order valence-electron chi connectivity index (χ2n) is 5.91. The van der Waals surface area contributed by atoms with E-state index in [4.69, 9.17) is 4.74 Å². The molecule has 2 amide bonds. The van der Waals surface area contributed by atoms with Gasteiger partial charge in [0.1, 0.15) is 0 Å². The zero-order valence-corrected chi connectivity index (χ0v) is 13.6. The number of hydrogen-bond acceptors (Lipinski definition) is 3. The van der Waals surface area contributed by atoms with Crippen molar-refractivity contribution in [3.05, 3.63) is 35.9 Å². The highest BCUT2D eigenvalue weighted by Gasteiger charge is 2.20. The van der Waals surface area contributed by atoms with Gasteiger partial charge in [-0.15, -0.1) is 0 Å². The lowest BCUT2D eigenvalue weighted by atomic mass is 10.2. The minimum Gasteiger partial charge on any atom is -0.383 e. The highest BCUT2D eigenvalue weighted by Crippen LogP contribution is 2.09. The number of nitrogens with one attached hydrogen (secondary N) is 1. The molecule has 1 aromatic rings. The molecule has 5 nitrogen and oxygen atoms in total. The minimum atomic E-state index is 0.0195. The molecule has 0 aromatic heterocycles. The fraction of sp³-hybridized carbons (Fsp3) is 0.588. The summed E-state index contributed by atoms with van der Waals surface area (Å²) in [5.41, 5.74) is 1.33. The number of urea groups is 1. The summed E-state index contributed by atoms with van der Waals surface area (Å²) < 4.78 is 5.06. The zero-order valence-electron chi connectivity index (χ0n) is 13.6. The molecule has 1 aromatic carbocycles. The Morgan fingerprint density at radius 3 is 2.73 bits per heavy atom. The third kappa shape index (κ3) is 5.31. The molecule has 5 heteroatoms. The molecule has 0 saturated carbocycles. The minimum absolute atomic E-state index is 0.0195. The average Bonchev–Trinajstić information content (AvgIpc) is 2.74. The van der Waals surface area contributed by atoms with Gasteiger partial charge < -0.3 is 15.0 Å².